The maximum absolute atomic E-state index is 9.00. The zero-order valence-electron chi connectivity index (χ0n) is 13.2. The first-order valence-electron chi connectivity index (χ1n) is 7.07. The molecule has 0 aliphatic carbocycles. The van der Waals surface area contributed by atoms with E-state index in [9.17, 15) is 0 Å². The van der Waals surface area contributed by atoms with E-state index >= 15 is 0 Å². The fourth-order valence-corrected chi connectivity index (χ4v) is 1.85. The van der Waals surface area contributed by atoms with E-state index in [-0.39, 0.29) is 12.2 Å². The van der Waals surface area contributed by atoms with Crippen molar-refractivity contribution in [1.82, 2.24) is 4.98 Å². The molecule has 1 aromatic rings. The number of aliphatic hydroxyl groups is 1. The average molecular weight is 281 g/mol. The van der Waals surface area contributed by atoms with Crippen LogP contribution >= 0.6 is 0 Å². The van der Waals surface area contributed by atoms with Crippen molar-refractivity contribution < 1.29 is 9.84 Å². The molecule has 1 rings (SSSR count). The summed E-state index contributed by atoms with van der Waals surface area (Å²) in [6.07, 6.45) is 0.708. The average Bonchev–Trinajstić information content (AvgIpc) is 2.31. The van der Waals surface area contributed by atoms with Gasteiger partial charge in [0.05, 0.1) is 5.69 Å². The predicted octanol–water partition coefficient (Wildman–Crippen LogP) is 2.44. The fraction of sp³-hybridized carbons (Fsp3) is 0.667. The molecule has 0 fully saturated rings. The van der Waals surface area contributed by atoms with Gasteiger partial charge < -0.3 is 20.5 Å². The van der Waals surface area contributed by atoms with E-state index in [4.69, 9.17) is 15.6 Å². The van der Waals surface area contributed by atoms with Gasteiger partial charge in [0.2, 0.25) is 5.88 Å². The molecule has 0 unspecified atom stereocenters. The van der Waals surface area contributed by atoms with Crippen LogP contribution in [0.5, 0.6) is 5.88 Å². The van der Waals surface area contributed by atoms with Crippen molar-refractivity contribution >= 4 is 11.5 Å². The van der Waals surface area contributed by atoms with Crippen LogP contribution in [0.15, 0.2) is 12.1 Å². The number of nitrogen functional groups attached to an aromatic ring is 1. The summed E-state index contributed by atoms with van der Waals surface area (Å²) in [7, 11) is 0. The molecule has 0 bridgehead atoms. The van der Waals surface area contributed by atoms with Gasteiger partial charge in [0.15, 0.2) is 0 Å². The molecule has 0 saturated heterocycles. The Kier molecular flexibility index (Phi) is 5.62. The molecule has 0 amide bonds. The van der Waals surface area contributed by atoms with Crippen molar-refractivity contribution in [2.45, 2.75) is 52.7 Å². The number of ether oxygens (including phenoxy) is 1. The Morgan fingerprint density at radius 2 is 2.00 bits per heavy atom. The number of nitrogens with two attached hydrogens (primary N) is 1. The quantitative estimate of drug-likeness (QED) is 0.838. The molecule has 114 valence electrons. The Morgan fingerprint density at radius 1 is 1.35 bits per heavy atom. The van der Waals surface area contributed by atoms with Crippen LogP contribution in [0.25, 0.3) is 0 Å². The zero-order chi connectivity index (χ0) is 15.3. The van der Waals surface area contributed by atoms with Crippen LogP contribution in [-0.2, 0) is 0 Å². The van der Waals surface area contributed by atoms with Gasteiger partial charge in [-0.2, -0.15) is 4.98 Å². The lowest BCUT2D eigenvalue weighted by Gasteiger charge is -2.29. The fourth-order valence-electron chi connectivity index (χ4n) is 1.85. The van der Waals surface area contributed by atoms with Crippen molar-refractivity contribution in [3.63, 3.8) is 0 Å². The van der Waals surface area contributed by atoms with Gasteiger partial charge in [-0.1, -0.05) is 0 Å². The first-order valence-corrected chi connectivity index (χ1v) is 7.07. The van der Waals surface area contributed by atoms with E-state index in [2.05, 4.69) is 23.7 Å². The third-order valence-electron chi connectivity index (χ3n) is 2.75. The number of rotatable bonds is 6. The van der Waals surface area contributed by atoms with Crippen LogP contribution in [0.4, 0.5) is 11.5 Å². The minimum atomic E-state index is -0.340. The first-order chi connectivity index (χ1) is 9.24. The van der Waals surface area contributed by atoms with Gasteiger partial charge in [0.25, 0.3) is 0 Å². The topological polar surface area (TPSA) is 71.6 Å². The molecule has 3 N–H and O–H groups in total. The van der Waals surface area contributed by atoms with Gasteiger partial charge in [-0.05, 0) is 53.2 Å². The molecule has 0 atom stereocenters. The molecule has 0 saturated carbocycles. The normalized spacial score (nSPS) is 11.8. The summed E-state index contributed by atoms with van der Waals surface area (Å²) in [6, 6.07) is 4.00. The van der Waals surface area contributed by atoms with E-state index in [1.165, 1.54) is 0 Å². The minimum absolute atomic E-state index is 0.170. The number of aliphatic hydroxyl groups excluding tert-OH is 1. The first kappa shape index (κ1) is 16.6. The minimum Gasteiger partial charge on any atom is -0.470 e. The van der Waals surface area contributed by atoms with Crippen molar-refractivity contribution in [2.75, 3.05) is 23.8 Å². The van der Waals surface area contributed by atoms with Gasteiger partial charge in [0, 0.05) is 19.2 Å². The summed E-state index contributed by atoms with van der Waals surface area (Å²) in [5.74, 6) is 1.28. The van der Waals surface area contributed by atoms with E-state index in [0.717, 1.165) is 12.4 Å². The summed E-state index contributed by atoms with van der Waals surface area (Å²) < 4.78 is 5.80. The Labute approximate surface area is 121 Å². The van der Waals surface area contributed by atoms with Gasteiger partial charge in [0.1, 0.15) is 11.4 Å². The van der Waals surface area contributed by atoms with Gasteiger partial charge >= 0.3 is 0 Å². The van der Waals surface area contributed by atoms with Crippen molar-refractivity contribution in [3.05, 3.63) is 12.1 Å². The third-order valence-corrected chi connectivity index (χ3v) is 2.75. The van der Waals surface area contributed by atoms with Crippen LogP contribution in [0.3, 0.4) is 0 Å². The zero-order valence-corrected chi connectivity index (χ0v) is 13.2. The second kappa shape index (κ2) is 6.79. The van der Waals surface area contributed by atoms with Gasteiger partial charge in [-0.15, -0.1) is 0 Å². The lowest BCUT2D eigenvalue weighted by Crippen LogP contribution is -2.33. The number of hydrogen-bond acceptors (Lipinski definition) is 5. The molecule has 20 heavy (non-hydrogen) atoms. The molecule has 0 aliphatic heterocycles. The van der Waals surface area contributed by atoms with Crippen LogP contribution in [0.1, 0.15) is 41.0 Å². The SMILES string of the molecule is CC(C)N(CCCO)c1ccc(N)c(OC(C)(C)C)n1. The largest absolute Gasteiger partial charge is 0.470 e. The summed E-state index contributed by atoms with van der Waals surface area (Å²) in [5, 5.41) is 9.00. The van der Waals surface area contributed by atoms with Crippen LogP contribution in [-0.4, -0.2) is 34.9 Å². The maximum atomic E-state index is 9.00. The van der Waals surface area contributed by atoms with E-state index in [1.807, 2.05) is 32.9 Å². The lowest BCUT2D eigenvalue weighted by atomic mass is 10.2. The van der Waals surface area contributed by atoms with Crippen LogP contribution < -0.4 is 15.4 Å². The highest BCUT2D eigenvalue weighted by Crippen LogP contribution is 2.27. The standard InChI is InChI=1S/C15H27N3O2/c1-11(2)18(9-6-10-19)13-8-7-12(16)14(17-13)20-15(3,4)5/h7-8,11,19H,6,9-10,16H2,1-5H3. The maximum Gasteiger partial charge on any atom is 0.239 e. The predicted molar refractivity (Wildman–Crippen MR) is 83.2 cm³/mol. The molecule has 5 heteroatoms. The number of nitrogens with zero attached hydrogens (tertiary/aromatic N) is 2. The Bertz CT molecular complexity index is 428. The van der Waals surface area contributed by atoms with Gasteiger partial charge in [-0.25, -0.2) is 0 Å². The summed E-state index contributed by atoms with van der Waals surface area (Å²) in [5.41, 5.74) is 6.12. The smallest absolute Gasteiger partial charge is 0.239 e. The molecular weight excluding hydrogens is 254 g/mol. The highest BCUT2D eigenvalue weighted by Gasteiger charge is 2.18. The van der Waals surface area contributed by atoms with E-state index in [0.29, 0.717) is 24.0 Å². The van der Waals surface area contributed by atoms with Gasteiger partial charge in [-0.3, -0.25) is 0 Å². The highest BCUT2D eigenvalue weighted by molar-refractivity contribution is 5.55. The molecule has 0 spiro atoms. The number of aromatic nitrogens is 1. The van der Waals surface area contributed by atoms with E-state index in [1.54, 1.807) is 0 Å². The number of pyridine rings is 1. The van der Waals surface area contributed by atoms with Crippen molar-refractivity contribution in [2.24, 2.45) is 0 Å². The Morgan fingerprint density at radius 3 is 2.50 bits per heavy atom. The third kappa shape index (κ3) is 4.89. The molecule has 0 radical (unpaired) electrons. The van der Waals surface area contributed by atoms with Crippen LogP contribution in [0.2, 0.25) is 0 Å². The van der Waals surface area contributed by atoms with Crippen LogP contribution in [0, 0.1) is 0 Å². The molecule has 5 nitrogen and oxygen atoms in total. The van der Waals surface area contributed by atoms with Crippen molar-refractivity contribution in [3.8, 4) is 5.88 Å². The Balaban J connectivity index is 3.02. The monoisotopic (exact) mass is 281 g/mol. The lowest BCUT2D eigenvalue weighted by molar-refractivity contribution is 0.125. The molecule has 0 aliphatic rings. The van der Waals surface area contributed by atoms with E-state index < -0.39 is 0 Å². The second-order valence-corrected chi connectivity index (χ2v) is 6.14. The number of anilines is 2. The Hall–Kier alpha value is -1.49. The molecular formula is C15H27N3O2. The number of hydrogen-bond donors (Lipinski definition) is 2. The second-order valence-electron chi connectivity index (χ2n) is 6.14. The molecule has 1 aromatic heterocycles. The molecule has 1 heterocycles. The summed E-state index contributed by atoms with van der Waals surface area (Å²) in [4.78, 5) is 6.66. The molecule has 0 aromatic carbocycles. The summed E-state index contributed by atoms with van der Waals surface area (Å²) >= 11 is 0. The van der Waals surface area contributed by atoms with Crippen molar-refractivity contribution in [1.29, 1.82) is 0 Å². The summed E-state index contributed by atoms with van der Waals surface area (Å²) in [6.45, 7) is 11.0. The highest BCUT2D eigenvalue weighted by atomic mass is 16.5.